The van der Waals surface area contributed by atoms with E-state index in [0.29, 0.717) is 17.9 Å². The van der Waals surface area contributed by atoms with Gasteiger partial charge in [-0.15, -0.1) is 11.3 Å². The normalized spacial score (nSPS) is 23.4. The number of hydrogen-bond acceptors (Lipinski definition) is 3. The molecule has 3 rings (SSSR count). The van der Waals surface area contributed by atoms with Crippen LogP contribution in [0.15, 0.2) is 17.5 Å². The summed E-state index contributed by atoms with van der Waals surface area (Å²) < 4.78 is 3.05. The van der Waals surface area contributed by atoms with E-state index in [-0.39, 0.29) is 0 Å². The van der Waals surface area contributed by atoms with Crippen molar-refractivity contribution < 1.29 is 0 Å². The smallest absolute Gasteiger partial charge is 0.195 e. The molecule has 108 valence electrons. The Labute approximate surface area is 129 Å². The van der Waals surface area contributed by atoms with Gasteiger partial charge in [0.1, 0.15) is 0 Å². The third-order valence-electron chi connectivity index (χ3n) is 4.42. The van der Waals surface area contributed by atoms with Crippen molar-refractivity contribution in [3.05, 3.63) is 22.3 Å². The van der Waals surface area contributed by atoms with Gasteiger partial charge in [-0.1, -0.05) is 32.8 Å². The number of rotatable bonds is 3. The van der Waals surface area contributed by atoms with Crippen LogP contribution < -0.4 is 0 Å². The Hall–Kier alpha value is -0.940. The van der Waals surface area contributed by atoms with Crippen molar-refractivity contribution in [2.45, 2.75) is 45.6 Å². The van der Waals surface area contributed by atoms with Crippen LogP contribution in [-0.2, 0) is 0 Å². The number of nitrogens with zero attached hydrogens (tertiary/aromatic N) is 2. The van der Waals surface area contributed by atoms with Crippen LogP contribution >= 0.6 is 23.6 Å². The Morgan fingerprint density at radius 1 is 1.40 bits per heavy atom. The van der Waals surface area contributed by atoms with Gasteiger partial charge in [0.15, 0.2) is 10.6 Å². The maximum absolute atomic E-state index is 5.52. The Morgan fingerprint density at radius 3 is 2.90 bits per heavy atom. The van der Waals surface area contributed by atoms with E-state index < -0.39 is 0 Å². The molecule has 2 heterocycles. The molecule has 0 spiro atoms. The molecule has 2 unspecified atom stereocenters. The third-order valence-corrected chi connectivity index (χ3v) is 5.57. The third kappa shape index (κ3) is 2.49. The van der Waals surface area contributed by atoms with Crippen molar-refractivity contribution in [2.24, 2.45) is 11.8 Å². The molecule has 1 saturated carbocycles. The number of aromatic nitrogens is 3. The molecule has 0 amide bonds. The summed E-state index contributed by atoms with van der Waals surface area (Å²) in [6.45, 7) is 4.66. The fourth-order valence-corrected chi connectivity index (χ4v) is 4.41. The molecule has 0 radical (unpaired) electrons. The number of aromatic amines is 1. The van der Waals surface area contributed by atoms with Gasteiger partial charge in [-0.05, 0) is 48.3 Å². The summed E-state index contributed by atoms with van der Waals surface area (Å²) in [7, 11) is 0. The van der Waals surface area contributed by atoms with E-state index in [0.717, 1.165) is 10.6 Å². The molecular weight excluding hydrogens is 286 g/mol. The van der Waals surface area contributed by atoms with Crippen molar-refractivity contribution >= 4 is 23.6 Å². The van der Waals surface area contributed by atoms with Gasteiger partial charge in [-0.3, -0.25) is 9.67 Å². The fourth-order valence-electron chi connectivity index (χ4n) is 3.43. The standard InChI is InChI=1S/C15H21N3S2/c1-10(2)11-6-3-4-7-12(11)18-14(16-17-15(18)19)13-8-5-9-20-13/h5,8-12H,3-4,6-7H2,1-2H3,(H,17,19). The van der Waals surface area contributed by atoms with Crippen LogP contribution in [0.4, 0.5) is 0 Å². The van der Waals surface area contributed by atoms with Crippen LogP contribution in [0.5, 0.6) is 0 Å². The summed E-state index contributed by atoms with van der Waals surface area (Å²) in [6, 6.07) is 4.69. The quantitative estimate of drug-likeness (QED) is 0.804. The first kappa shape index (κ1) is 14.0. The van der Waals surface area contributed by atoms with Gasteiger partial charge in [-0.25, -0.2) is 0 Å². The summed E-state index contributed by atoms with van der Waals surface area (Å²) in [5.74, 6) is 2.41. The summed E-state index contributed by atoms with van der Waals surface area (Å²) >= 11 is 7.24. The highest BCUT2D eigenvalue weighted by molar-refractivity contribution is 7.71. The Morgan fingerprint density at radius 2 is 2.20 bits per heavy atom. The van der Waals surface area contributed by atoms with E-state index in [1.807, 2.05) is 0 Å². The molecule has 0 aromatic carbocycles. The first-order valence-electron chi connectivity index (χ1n) is 7.39. The van der Waals surface area contributed by atoms with Gasteiger partial charge in [0.05, 0.1) is 4.88 Å². The van der Waals surface area contributed by atoms with Crippen LogP contribution in [0.25, 0.3) is 10.7 Å². The molecule has 1 N–H and O–H groups in total. The second-order valence-electron chi connectivity index (χ2n) is 5.96. The van der Waals surface area contributed by atoms with Crippen LogP contribution in [0, 0.1) is 16.6 Å². The first-order valence-corrected chi connectivity index (χ1v) is 8.68. The molecule has 0 saturated heterocycles. The zero-order valence-corrected chi connectivity index (χ0v) is 13.6. The van der Waals surface area contributed by atoms with Crippen molar-refractivity contribution in [1.82, 2.24) is 14.8 Å². The average molecular weight is 307 g/mol. The zero-order valence-electron chi connectivity index (χ0n) is 12.0. The lowest BCUT2D eigenvalue weighted by atomic mass is 9.77. The number of thiophene rings is 1. The second-order valence-corrected chi connectivity index (χ2v) is 7.29. The van der Waals surface area contributed by atoms with Crippen LogP contribution in [0.1, 0.15) is 45.6 Å². The summed E-state index contributed by atoms with van der Waals surface area (Å²) in [5.41, 5.74) is 0. The van der Waals surface area contributed by atoms with Gasteiger partial charge < -0.3 is 0 Å². The minimum absolute atomic E-state index is 0.493. The SMILES string of the molecule is CC(C)C1CCCCC1n1c(-c2cccs2)n[nH]c1=S. The average Bonchev–Trinajstić information content (AvgIpc) is 3.07. The van der Waals surface area contributed by atoms with Gasteiger partial charge in [0, 0.05) is 6.04 Å². The molecule has 2 atom stereocenters. The number of hydrogen-bond donors (Lipinski definition) is 1. The summed E-state index contributed by atoms with van der Waals surface area (Å²) in [4.78, 5) is 1.20. The lowest BCUT2D eigenvalue weighted by molar-refractivity contribution is 0.184. The van der Waals surface area contributed by atoms with Crippen molar-refractivity contribution in [1.29, 1.82) is 0 Å². The molecule has 3 nitrogen and oxygen atoms in total. The van der Waals surface area contributed by atoms with Crippen molar-refractivity contribution in [3.8, 4) is 10.7 Å². The zero-order chi connectivity index (χ0) is 14.1. The van der Waals surface area contributed by atoms with E-state index in [1.165, 1.54) is 30.6 Å². The molecule has 2 aromatic heterocycles. The predicted molar refractivity (Wildman–Crippen MR) is 86.6 cm³/mol. The summed E-state index contributed by atoms with van der Waals surface area (Å²) in [5, 5.41) is 9.58. The minimum atomic E-state index is 0.493. The van der Waals surface area contributed by atoms with Crippen molar-refractivity contribution in [2.75, 3.05) is 0 Å². The van der Waals surface area contributed by atoms with E-state index in [2.05, 4.69) is 46.1 Å². The Balaban J connectivity index is 2.04. The van der Waals surface area contributed by atoms with Crippen molar-refractivity contribution in [3.63, 3.8) is 0 Å². The predicted octanol–water partition coefficient (Wildman–Crippen LogP) is 5.06. The monoisotopic (exact) mass is 307 g/mol. The van der Waals surface area contributed by atoms with E-state index in [9.17, 15) is 0 Å². The van der Waals surface area contributed by atoms with E-state index in [4.69, 9.17) is 12.2 Å². The molecule has 2 aromatic rings. The van der Waals surface area contributed by atoms with Crippen LogP contribution in [-0.4, -0.2) is 14.8 Å². The van der Waals surface area contributed by atoms with Gasteiger partial charge in [0.25, 0.3) is 0 Å². The van der Waals surface area contributed by atoms with Gasteiger partial charge in [-0.2, -0.15) is 5.10 Å². The lowest BCUT2D eigenvalue weighted by Crippen LogP contribution is -2.27. The second kappa shape index (κ2) is 5.82. The highest BCUT2D eigenvalue weighted by atomic mass is 32.1. The lowest BCUT2D eigenvalue weighted by Gasteiger charge is -2.35. The molecule has 5 heteroatoms. The first-order chi connectivity index (χ1) is 9.68. The molecule has 0 bridgehead atoms. The molecule has 1 aliphatic carbocycles. The molecule has 20 heavy (non-hydrogen) atoms. The van der Waals surface area contributed by atoms with E-state index in [1.54, 1.807) is 11.3 Å². The fraction of sp³-hybridized carbons (Fsp3) is 0.600. The number of H-pyrrole nitrogens is 1. The van der Waals surface area contributed by atoms with Crippen LogP contribution in [0.3, 0.4) is 0 Å². The highest BCUT2D eigenvalue weighted by Gasteiger charge is 2.31. The van der Waals surface area contributed by atoms with Gasteiger partial charge in [0.2, 0.25) is 0 Å². The van der Waals surface area contributed by atoms with E-state index >= 15 is 0 Å². The Bertz CT molecular complexity index is 609. The number of nitrogens with one attached hydrogen (secondary N) is 1. The van der Waals surface area contributed by atoms with Gasteiger partial charge >= 0.3 is 0 Å². The summed E-state index contributed by atoms with van der Waals surface area (Å²) in [6.07, 6.45) is 5.16. The maximum atomic E-state index is 5.52. The maximum Gasteiger partial charge on any atom is 0.195 e. The highest BCUT2D eigenvalue weighted by Crippen LogP contribution is 2.40. The Kier molecular flexibility index (Phi) is 4.08. The van der Waals surface area contributed by atoms with Crippen LogP contribution in [0.2, 0.25) is 0 Å². The molecule has 0 aliphatic heterocycles. The largest absolute Gasteiger partial charge is 0.296 e. The molecular formula is C15H21N3S2. The minimum Gasteiger partial charge on any atom is -0.296 e. The topological polar surface area (TPSA) is 33.6 Å². The molecule has 1 aliphatic rings. The molecule has 1 fully saturated rings.